The van der Waals surface area contributed by atoms with E-state index < -0.39 is 0 Å². The maximum absolute atomic E-state index is 12.4. The number of hydrogen-bond donors (Lipinski definition) is 0. The van der Waals surface area contributed by atoms with E-state index >= 15 is 0 Å². The number of rotatable bonds is 2. The fraction of sp³-hybridized carbons (Fsp3) is 0.235. The fourth-order valence-corrected chi connectivity index (χ4v) is 3.40. The van der Waals surface area contributed by atoms with Gasteiger partial charge in [-0.25, -0.2) is 0 Å². The molecule has 0 saturated heterocycles. The molecule has 0 unspecified atom stereocenters. The Morgan fingerprint density at radius 3 is 2.60 bits per heavy atom. The maximum atomic E-state index is 12.4. The van der Waals surface area contributed by atoms with E-state index in [1.54, 1.807) is 0 Å². The van der Waals surface area contributed by atoms with Crippen LogP contribution in [0.3, 0.4) is 0 Å². The summed E-state index contributed by atoms with van der Waals surface area (Å²) in [6.07, 6.45) is 3.11. The number of carbonyl (C=O) groups is 1. The molecule has 0 N–H and O–H groups in total. The number of hydrogen-bond acceptors (Lipinski definition) is 2. The predicted molar refractivity (Wildman–Crippen MR) is 84.0 cm³/mol. The van der Waals surface area contributed by atoms with Gasteiger partial charge in [0.1, 0.15) is 0 Å². The molecule has 20 heavy (non-hydrogen) atoms. The Balaban J connectivity index is 1.74. The molecule has 0 radical (unpaired) electrons. The Morgan fingerprint density at radius 2 is 2.00 bits per heavy atom. The number of aryl methyl sites for hydroxylation is 1. The monoisotopic (exact) mass is 283 g/mol. The topological polar surface area (TPSA) is 20.3 Å². The molecular formula is C17H17NOS. The summed E-state index contributed by atoms with van der Waals surface area (Å²) >= 11 is 1.54. The van der Waals surface area contributed by atoms with Gasteiger partial charge >= 0.3 is 0 Å². The summed E-state index contributed by atoms with van der Waals surface area (Å²) in [5, 5.41) is 1.98. The van der Waals surface area contributed by atoms with Crippen LogP contribution in [0.15, 0.2) is 47.9 Å². The third-order valence-electron chi connectivity index (χ3n) is 3.70. The minimum absolute atomic E-state index is 0.167. The van der Waals surface area contributed by atoms with Gasteiger partial charge in [0.25, 0.3) is 5.91 Å². The number of nitrogens with zero attached hydrogens (tertiary/aromatic N) is 1. The molecule has 1 aromatic carbocycles. The first-order valence-corrected chi connectivity index (χ1v) is 7.71. The van der Waals surface area contributed by atoms with E-state index in [9.17, 15) is 4.79 Å². The highest BCUT2D eigenvalue weighted by atomic mass is 32.1. The molecule has 1 aliphatic heterocycles. The van der Waals surface area contributed by atoms with E-state index in [4.69, 9.17) is 0 Å². The standard InChI is InChI=1S/C17H17NOS/c1-13-9-12-20-16(13)17(19)18-10-7-15(8-11-18)14-5-3-2-4-6-14/h2-7,9,12H,8,10-11H2,1H3. The van der Waals surface area contributed by atoms with Crippen LogP contribution in [0.25, 0.3) is 5.57 Å². The summed E-state index contributed by atoms with van der Waals surface area (Å²) in [5.74, 6) is 0.167. The SMILES string of the molecule is Cc1ccsc1C(=O)N1CC=C(c2ccccc2)CC1. The fourth-order valence-electron chi connectivity index (χ4n) is 2.50. The van der Waals surface area contributed by atoms with Gasteiger partial charge in [-0.1, -0.05) is 36.4 Å². The third-order valence-corrected chi connectivity index (χ3v) is 4.70. The van der Waals surface area contributed by atoms with Crippen molar-refractivity contribution in [3.05, 3.63) is 63.9 Å². The van der Waals surface area contributed by atoms with Crippen molar-refractivity contribution in [3.63, 3.8) is 0 Å². The van der Waals surface area contributed by atoms with Gasteiger partial charge in [0.15, 0.2) is 0 Å². The highest BCUT2D eigenvalue weighted by Crippen LogP contribution is 2.24. The van der Waals surface area contributed by atoms with Gasteiger partial charge in [-0.3, -0.25) is 4.79 Å². The molecule has 0 aliphatic carbocycles. The third kappa shape index (κ3) is 2.54. The summed E-state index contributed by atoms with van der Waals surface area (Å²) < 4.78 is 0. The molecule has 102 valence electrons. The Bertz CT molecular complexity index is 642. The smallest absolute Gasteiger partial charge is 0.264 e. The van der Waals surface area contributed by atoms with Crippen LogP contribution in [0.4, 0.5) is 0 Å². The van der Waals surface area contributed by atoms with E-state index in [1.165, 1.54) is 22.5 Å². The van der Waals surface area contributed by atoms with Crippen molar-refractivity contribution in [1.29, 1.82) is 0 Å². The summed E-state index contributed by atoms with van der Waals surface area (Å²) in [6, 6.07) is 12.4. The van der Waals surface area contributed by atoms with E-state index in [1.807, 2.05) is 29.3 Å². The summed E-state index contributed by atoms with van der Waals surface area (Å²) in [6.45, 7) is 3.51. The molecule has 0 bridgehead atoms. The first kappa shape index (κ1) is 13.1. The molecule has 1 aromatic heterocycles. The Labute approximate surface area is 123 Å². The van der Waals surface area contributed by atoms with Crippen molar-refractivity contribution in [2.45, 2.75) is 13.3 Å². The first-order chi connectivity index (χ1) is 9.75. The molecule has 0 spiro atoms. The molecule has 0 fully saturated rings. The van der Waals surface area contributed by atoms with Crippen LogP contribution >= 0.6 is 11.3 Å². The van der Waals surface area contributed by atoms with Crippen molar-refractivity contribution in [3.8, 4) is 0 Å². The molecule has 2 heterocycles. The number of amides is 1. The van der Waals surface area contributed by atoms with E-state index in [0.717, 1.165) is 23.4 Å². The van der Waals surface area contributed by atoms with Crippen LogP contribution in [0.5, 0.6) is 0 Å². The first-order valence-electron chi connectivity index (χ1n) is 6.83. The zero-order valence-corrected chi connectivity index (χ0v) is 12.3. The molecular weight excluding hydrogens is 266 g/mol. The van der Waals surface area contributed by atoms with E-state index in [2.05, 4.69) is 30.3 Å². The molecule has 0 atom stereocenters. The van der Waals surface area contributed by atoms with Crippen LogP contribution < -0.4 is 0 Å². The molecule has 1 aliphatic rings. The molecule has 2 nitrogen and oxygen atoms in total. The summed E-state index contributed by atoms with van der Waals surface area (Å²) in [4.78, 5) is 15.2. The summed E-state index contributed by atoms with van der Waals surface area (Å²) in [7, 11) is 0. The normalized spacial score (nSPS) is 15.1. The largest absolute Gasteiger partial charge is 0.334 e. The quantitative estimate of drug-likeness (QED) is 0.816. The second-order valence-corrected chi connectivity index (χ2v) is 5.95. The van der Waals surface area contributed by atoms with E-state index in [0.29, 0.717) is 6.54 Å². The van der Waals surface area contributed by atoms with Crippen LogP contribution in [-0.2, 0) is 0 Å². The van der Waals surface area contributed by atoms with Gasteiger partial charge in [-0.2, -0.15) is 0 Å². The minimum Gasteiger partial charge on any atom is -0.334 e. The van der Waals surface area contributed by atoms with Crippen LogP contribution in [0.1, 0.15) is 27.2 Å². The Morgan fingerprint density at radius 1 is 1.20 bits per heavy atom. The second kappa shape index (κ2) is 5.63. The summed E-state index contributed by atoms with van der Waals surface area (Å²) in [5.41, 5.74) is 3.70. The molecule has 1 amide bonds. The van der Waals surface area contributed by atoms with Crippen molar-refractivity contribution in [2.75, 3.05) is 13.1 Å². The van der Waals surface area contributed by atoms with Gasteiger partial charge in [0, 0.05) is 13.1 Å². The van der Waals surface area contributed by atoms with Crippen LogP contribution in [0, 0.1) is 6.92 Å². The molecule has 3 rings (SSSR count). The highest BCUT2D eigenvalue weighted by molar-refractivity contribution is 7.12. The van der Waals surface area contributed by atoms with Gasteiger partial charge in [-0.15, -0.1) is 11.3 Å². The highest BCUT2D eigenvalue weighted by Gasteiger charge is 2.21. The number of benzene rings is 1. The lowest BCUT2D eigenvalue weighted by Gasteiger charge is -2.26. The Hall–Kier alpha value is -1.87. The lowest BCUT2D eigenvalue weighted by molar-refractivity contribution is 0.0777. The number of carbonyl (C=O) groups excluding carboxylic acids is 1. The zero-order valence-electron chi connectivity index (χ0n) is 11.5. The molecule has 2 aromatic rings. The lowest BCUT2D eigenvalue weighted by atomic mass is 9.99. The average molecular weight is 283 g/mol. The second-order valence-electron chi connectivity index (χ2n) is 5.03. The van der Waals surface area contributed by atoms with Gasteiger partial charge in [0.2, 0.25) is 0 Å². The molecule has 0 saturated carbocycles. The van der Waals surface area contributed by atoms with Crippen LogP contribution in [-0.4, -0.2) is 23.9 Å². The average Bonchev–Trinajstić information content (AvgIpc) is 2.94. The van der Waals surface area contributed by atoms with Crippen molar-refractivity contribution in [2.24, 2.45) is 0 Å². The minimum atomic E-state index is 0.167. The zero-order chi connectivity index (χ0) is 13.9. The van der Waals surface area contributed by atoms with Crippen molar-refractivity contribution in [1.82, 2.24) is 4.90 Å². The van der Waals surface area contributed by atoms with Crippen LogP contribution in [0.2, 0.25) is 0 Å². The predicted octanol–water partition coefficient (Wildman–Crippen LogP) is 3.99. The number of thiophene rings is 1. The molecule has 3 heteroatoms. The maximum Gasteiger partial charge on any atom is 0.264 e. The van der Waals surface area contributed by atoms with Gasteiger partial charge in [0.05, 0.1) is 4.88 Å². The van der Waals surface area contributed by atoms with Crippen molar-refractivity contribution < 1.29 is 4.79 Å². The van der Waals surface area contributed by atoms with Gasteiger partial charge < -0.3 is 4.90 Å². The Kier molecular flexibility index (Phi) is 3.70. The van der Waals surface area contributed by atoms with E-state index in [-0.39, 0.29) is 5.91 Å². The van der Waals surface area contributed by atoms with Gasteiger partial charge in [-0.05, 0) is 41.5 Å². The lowest BCUT2D eigenvalue weighted by Crippen LogP contribution is -2.34. The van der Waals surface area contributed by atoms with Crippen molar-refractivity contribution >= 4 is 22.8 Å².